The van der Waals surface area contributed by atoms with E-state index >= 15 is 0 Å². The summed E-state index contributed by atoms with van der Waals surface area (Å²) in [6.45, 7) is 0.650. The van der Waals surface area contributed by atoms with Gasteiger partial charge in [0, 0.05) is 6.42 Å². The van der Waals surface area contributed by atoms with E-state index in [0.29, 0.717) is 36.5 Å². The van der Waals surface area contributed by atoms with Gasteiger partial charge in [0.2, 0.25) is 0 Å². The molecule has 0 spiro atoms. The van der Waals surface area contributed by atoms with E-state index in [2.05, 4.69) is 12.6 Å². The minimum atomic E-state index is -3.33. The standard InChI is InChI=1S/C23H38O5S2/c24-23(25)13-9-8-12-20-30(26,27)22-16-14-21(15-17-22)28-18-10-6-4-2-1-3-5-7-11-19-29/h14-17,29H,1-13,18-20H2,(H,24,25). The van der Waals surface area contributed by atoms with Gasteiger partial charge in [-0.3, -0.25) is 4.79 Å². The molecule has 172 valence electrons. The number of thiol groups is 1. The third kappa shape index (κ3) is 13.2. The molecule has 0 saturated heterocycles. The minimum Gasteiger partial charge on any atom is -0.494 e. The Kier molecular flexibility index (Phi) is 14.7. The lowest BCUT2D eigenvalue weighted by molar-refractivity contribution is -0.137. The number of hydrogen-bond acceptors (Lipinski definition) is 5. The minimum absolute atomic E-state index is 0.0437. The predicted molar refractivity (Wildman–Crippen MR) is 125 cm³/mol. The third-order valence-corrected chi connectivity index (χ3v) is 7.19. The van der Waals surface area contributed by atoms with Gasteiger partial charge in [-0.1, -0.05) is 51.4 Å². The van der Waals surface area contributed by atoms with Crippen LogP contribution in [0.15, 0.2) is 29.2 Å². The fourth-order valence-corrected chi connectivity index (χ4v) is 4.84. The molecule has 0 heterocycles. The van der Waals surface area contributed by atoms with Gasteiger partial charge >= 0.3 is 5.97 Å². The molecule has 0 bridgehead atoms. The van der Waals surface area contributed by atoms with Crippen LogP contribution in [-0.4, -0.2) is 37.6 Å². The van der Waals surface area contributed by atoms with Crippen molar-refractivity contribution in [2.24, 2.45) is 0 Å². The summed E-state index contributed by atoms with van der Waals surface area (Å²) in [7, 11) is -3.33. The van der Waals surface area contributed by atoms with Crippen molar-refractivity contribution >= 4 is 28.4 Å². The summed E-state index contributed by atoms with van der Waals surface area (Å²) in [4.78, 5) is 10.8. The molecular formula is C23H38O5S2. The second-order valence-electron chi connectivity index (χ2n) is 7.75. The van der Waals surface area contributed by atoms with Crippen molar-refractivity contribution in [2.75, 3.05) is 18.1 Å². The predicted octanol–water partition coefficient (Wildman–Crippen LogP) is 5.92. The Hall–Kier alpha value is -1.21. The SMILES string of the molecule is O=C(O)CCCCCS(=O)(=O)c1ccc(OCCCCCCCCCCCS)cc1. The van der Waals surface area contributed by atoms with E-state index in [9.17, 15) is 13.2 Å². The van der Waals surface area contributed by atoms with E-state index in [0.717, 1.165) is 18.6 Å². The molecule has 30 heavy (non-hydrogen) atoms. The molecule has 1 N–H and O–H groups in total. The monoisotopic (exact) mass is 458 g/mol. The molecule has 7 heteroatoms. The van der Waals surface area contributed by atoms with Gasteiger partial charge in [-0.2, -0.15) is 12.6 Å². The summed E-state index contributed by atoms with van der Waals surface area (Å²) in [5.74, 6) is 0.889. The van der Waals surface area contributed by atoms with E-state index < -0.39 is 15.8 Å². The van der Waals surface area contributed by atoms with E-state index in [4.69, 9.17) is 9.84 Å². The van der Waals surface area contributed by atoms with Gasteiger partial charge in [0.1, 0.15) is 5.75 Å². The van der Waals surface area contributed by atoms with Gasteiger partial charge in [-0.25, -0.2) is 8.42 Å². The Morgan fingerprint density at radius 1 is 0.800 bits per heavy atom. The summed E-state index contributed by atoms with van der Waals surface area (Å²) in [5, 5.41) is 8.60. The first-order chi connectivity index (χ1) is 14.5. The van der Waals surface area contributed by atoms with Crippen molar-refractivity contribution in [3.05, 3.63) is 24.3 Å². The van der Waals surface area contributed by atoms with Crippen molar-refractivity contribution in [3.8, 4) is 5.75 Å². The molecule has 0 aliphatic rings. The van der Waals surface area contributed by atoms with Crippen LogP contribution in [0.3, 0.4) is 0 Å². The van der Waals surface area contributed by atoms with Gasteiger partial charge in [0.05, 0.1) is 17.3 Å². The molecule has 0 fully saturated rings. The zero-order valence-electron chi connectivity index (χ0n) is 18.1. The largest absolute Gasteiger partial charge is 0.494 e. The topological polar surface area (TPSA) is 80.7 Å². The van der Waals surface area contributed by atoms with Crippen LogP contribution in [0.4, 0.5) is 0 Å². The molecule has 0 atom stereocenters. The molecule has 0 unspecified atom stereocenters. The van der Waals surface area contributed by atoms with Crippen LogP contribution in [0.1, 0.15) is 83.5 Å². The van der Waals surface area contributed by atoms with Gasteiger partial charge < -0.3 is 9.84 Å². The Morgan fingerprint density at radius 3 is 1.90 bits per heavy atom. The molecule has 1 aromatic carbocycles. The summed E-state index contributed by atoms with van der Waals surface area (Å²) < 4.78 is 30.4. The van der Waals surface area contributed by atoms with Crippen LogP contribution < -0.4 is 4.74 Å². The van der Waals surface area contributed by atoms with Crippen LogP contribution in [0.2, 0.25) is 0 Å². The molecule has 1 rings (SSSR count). The lowest BCUT2D eigenvalue weighted by Crippen LogP contribution is -2.07. The first kappa shape index (κ1) is 26.8. The lowest BCUT2D eigenvalue weighted by Gasteiger charge is -2.08. The average Bonchev–Trinajstić information content (AvgIpc) is 2.72. The summed E-state index contributed by atoms with van der Waals surface area (Å²) in [6, 6.07) is 6.61. The third-order valence-electron chi connectivity index (χ3n) is 5.06. The second-order valence-corrected chi connectivity index (χ2v) is 10.3. The van der Waals surface area contributed by atoms with Gasteiger partial charge in [0.25, 0.3) is 0 Å². The summed E-state index contributed by atoms with van der Waals surface area (Å²) in [6.07, 6.45) is 12.8. The smallest absolute Gasteiger partial charge is 0.303 e. The van der Waals surface area contributed by atoms with Crippen LogP contribution in [0.25, 0.3) is 0 Å². The Labute approximate surface area is 187 Å². The van der Waals surface area contributed by atoms with Crippen LogP contribution in [0.5, 0.6) is 5.75 Å². The fraction of sp³-hybridized carbons (Fsp3) is 0.696. The van der Waals surface area contributed by atoms with Crippen molar-refractivity contribution < 1.29 is 23.1 Å². The Morgan fingerprint density at radius 2 is 1.33 bits per heavy atom. The maximum absolute atomic E-state index is 12.3. The Balaban J connectivity index is 2.15. The maximum Gasteiger partial charge on any atom is 0.303 e. The number of carbonyl (C=O) groups is 1. The van der Waals surface area contributed by atoms with Crippen LogP contribution in [0, 0.1) is 0 Å². The second kappa shape index (κ2) is 16.5. The molecular weight excluding hydrogens is 420 g/mol. The normalized spacial score (nSPS) is 11.5. The highest BCUT2D eigenvalue weighted by molar-refractivity contribution is 7.91. The number of rotatable bonds is 19. The molecule has 1 aromatic rings. The Bertz CT molecular complexity index is 671. The molecule has 0 saturated carbocycles. The molecule has 0 aliphatic carbocycles. The zero-order chi connectivity index (χ0) is 22.1. The first-order valence-electron chi connectivity index (χ1n) is 11.2. The van der Waals surface area contributed by atoms with Gasteiger partial charge in [0.15, 0.2) is 9.84 Å². The van der Waals surface area contributed by atoms with E-state index in [1.807, 2.05) is 0 Å². The number of benzene rings is 1. The van der Waals surface area contributed by atoms with Gasteiger partial charge in [-0.15, -0.1) is 0 Å². The number of unbranched alkanes of at least 4 members (excludes halogenated alkanes) is 10. The molecule has 5 nitrogen and oxygen atoms in total. The quantitative estimate of drug-likeness (QED) is 0.198. The number of hydrogen-bond donors (Lipinski definition) is 2. The molecule has 0 aliphatic heterocycles. The maximum atomic E-state index is 12.3. The van der Waals surface area contributed by atoms with E-state index in [1.54, 1.807) is 24.3 Å². The number of ether oxygens (including phenoxy) is 1. The van der Waals surface area contributed by atoms with E-state index in [-0.39, 0.29) is 12.2 Å². The summed E-state index contributed by atoms with van der Waals surface area (Å²) >= 11 is 4.23. The number of sulfone groups is 1. The van der Waals surface area contributed by atoms with Gasteiger partial charge in [-0.05, 0) is 55.7 Å². The van der Waals surface area contributed by atoms with Crippen molar-refractivity contribution in [2.45, 2.75) is 88.4 Å². The van der Waals surface area contributed by atoms with Crippen LogP contribution in [-0.2, 0) is 14.6 Å². The van der Waals surface area contributed by atoms with Crippen molar-refractivity contribution in [3.63, 3.8) is 0 Å². The fourth-order valence-electron chi connectivity index (χ4n) is 3.25. The number of carboxylic acids is 1. The highest BCUT2D eigenvalue weighted by Crippen LogP contribution is 2.19. The molecule has 0 aromatic heterocycles. The zero-order valence-corrected chi connectivity index (χ0v) is 19.8. The van der Waals surface area contributed by atoms with Crippen LogP contribution >= 0.6 is 12.6 Å². The highest BCUT2D eigenvalue weighted by atomic mass is 32.2. The molecule has 0 radical (unpaired) electrons. The first-order valence-corrected chi connectivity index (χ1v) is 13.5. The summed E-state index contributed by atoms with van der Waals surface area (Å²) in [5.41, 5.74) is 0. The average molecular weight is 459 g/mol. The lowest BCUT2D eigenvalue weighted by atomic mass is 10.1. The highest BCUT2D eigenvalue weighted by Gasteiger charge is 2.14. The van der Waals surface area contributed by atoms with E-state index in [1.165, 1.54) is 44.9 Å². The van der Waals surface area contributed by atoms with Crippen molar-refractivity contribution in [1.82, 2.24) is 0 Å². The molecule has 0 amide bonds. The van der Waals surface area contributed by atoms with Crippen molar-refractivity contribution in [1.29, 1.82) is 0 Å². The number of aliphatic carboxylic acids is 1. The number of carboxylic acid groups (broad SMARTS) is 1.